The van der Waals surface area contributed by atoms with Crippen LogP contribution >= 0.6 is 11.6 Å². The van der Waals surface area contributed by atoms with Gasteiger partial charge in [0.25, 0.3) is 0 Å². The third kappa shape index (κ3) is 5.53. The fourth-order valence-electron chi connectivity index (χ4n) is 3.35. The normalized spacial score (nSPS) is 14.4. The number of nitrogens with zero attached hydrogens (tertiary/aromatic N) is 2. The molecule has 3 rings (SSSR count). The lowest BCUT2D eigenvalue weighted by molar-refractivity contribution is -0.127. The van der Waals surface area contributed by atoms with Gasteiger partial charge in [0.15, 0.2) is 0 Å². The van der Waals surface area contributed by atoms with E-state index in [0.717, 1.165) is 12.8 Å². The first-order chi connectivity index (χ1) is 14.8. The van der Waals surface area contributed by atoms with Crippen LogP contribution in [0.1, 0.15) is 37.8 Å². The fourth-order valence-corrected chi connectivity index (χ4v) is 5.03. The van der Waals surface area contributed by atoms with E-state index in [1.54, 1.807) is 43.0 Å². The Labute approximate surface area is 188 Å². The van der Waals surface area contributed by atoms with Crippen molar-refractivity contribution in [2.24, 2.45) is 0 Å². The van der Waals surface area contributed by atoms with Crippen LogP contribution in [-0.4, -0.2) is 42.7 Å². The molecule has 1 fully saturated rings. The predicted octanol–water partition coefficient (Wildman–Crippen LogP) is 4.71. The minimum absolute atomic E-state index is 0.0782. The molecule has 0 N–H and O–H groups in total. The highest BCUT2D eigenvalue weighted by atomic mass is 35.5. The summed E-state index contributed by atoms with van der Waals surface area (Å²) >= 11 is 6.12. The summed E-state index contributed by atoms with van der Waals surface area (Å²) in [6.45, 7) is 4.50. The van der Waals surface area contributed by atoms with E-state index in [4.69, 9.17) is 11.6 Å². The van der Waals surface area contributed by atoms with Gasteiger partial charge in [0, 0.05) is 35.8 Å². The van der Waals surface area contributed by atoms with Gasteiger partial charge in [-0.15, -0.1) is 0 Å². The first-order valence-corrected chi connectivity index (χ1v) is 12.1. The van der Waals surface area contributed by atoms with Crippen LogP contribution in [0.5, 0.6) is 0 Å². The number of halogens is 2. The Morgan fingerprint density at radius 1 is 1.13 bits per heavy atom. The molecule has 2 aromatic carbocycles. The Morgan fingerprint density at radius 3 is 2.32 bits per heavy atom. The van der Waals surface area contributed by atoms with E-state index in [1.165, 1.54) is 34.6 Å². The number of carbonyl (C=O) groups excluding carboxylic acids is 1. The standard InChI is InChI=1S/C23H26ClFN2O3S/c1-3-26(4-2)31(29,30)19-13-8-17(9-14-19)10-15-23(28)27(18-11-12-18)16-20-21(24)6-5-7-22(20)25/h5-10,13-15,18H,3-4,11-12,16H2,1-2H3/b15-10+. The van der Waals surface area contributed by atoms with Gasteiger partial charge in [0.2, 0.25) is 15.9 Å². The van der Waals surface area contributed by atoms with Crippen LogP contribution in [0.2, 0.25) is 5.02 Å². The molecule has 0 aromatic heterocycles. The van der Waals surface area contributed by atoms with Crippen molar-refractivity contribution in [3.63, 3.8) is 0 Å². The summed E-state index contributed by atoms with van der Waals surface area (Å²) in [6, 6.07) is 11.0. The molecule has 1 aliphatic carbocycles. The number of benzene rings is 2. The number of hydrogen-bond donors (Lipinski definition) is 0. The summed E-state index contributed by atoms with van der Waals surface area (Å²) < 4.78 is 40.7. The summed E-state index contributed by atoms with van der Waals surface area (Å²) in [6.07, 6.45) is 4.82. The number of hydrogen-bond acceptors (Lipinski definition) is 3. The van der Waals surface area contributed by atoms with E-state index in [-0.39, 0.29) is 23.4 Å². The van der Waals surface area contributed by atoms with Gasteiger partial charge in [-0.1, -0.05) is 43.6 Å². The molecular formula is C23H26ClFN2O3S. The second-order valence-corrected chi connectivity index (χ2v) is 9.73. The van der Waals surface area contributed by atoms with E-state index < -0.39 is 15.8 Å². The van der Waals surface area contributed by atoms with Gasteiger partial charge < -0.3 is 4.90 Å². The molecule has 5 nitrogen and oxygen atoms in total. The van der Waals surface area contributed by atoms with E-state index >= 15 is 0 Å². The highest BCUT2D eigenvalue weighted by molar-refractivity contribution is 7.89. The number of carbonyl (C=O) groups is 1. The first kappa shape index (κ1) is 23.4. The van der Waals surface area contributed by atoms with E-state index in [2.05, 4.69) is 0 Å². The fraction of sp³-hybridized carbons (Fsp3) is 0.348. The minimum Gasteiger partial charge on any atom is -0.332 e. The number of sulfonamides is 1. The van der Waals surface area contributed by atoms with Gasteiger partial charge in [-0.2, -0.15) is 4.31 Å². The molecule has 0 unspecified atom stereocenters. The Bertz CT molecular complexity index is 1040. The number of amides is 1. The van der Waals surface area contributed by atoms with E-state index in [0.29, 0.717) is 29.2 Å². The molecule has 1 aliphatic rings. The second-order valence-electron chi connectivity index (χ2n) is 7.39. The lowest BCUT2D eigenvalue weighted by Gasteiger charge is -2.22. The molecule has 2 aromatic rings. The summed E-state index contributed by atoms with van der Waals surface area (Å²) in [7, 11) is -3.52. The zero-order valence-corrected chi connectivity index (χ0v) is 19.2. The van der Waals surface area contributed by atoms with Crippen LogP contribution in [0.25, 0.3) is 6.08 Å². The van der Waals surface area contributed by atoms with Crippen molar-refractivity contribution in [1.82, 2.24) is 9.21 Å². The van der Waals surface area contributed by atoms with Crippen molar-refractivity contribution in [3.8, 4) is 0 Å². The second kappa shape index (κ2) is 9.94. The van der Waals surface area contributed by atoms with Crippen LogP contribution in [0, 0.1) is 5.82 Å². The quantitative estimate of drug-likeness (QED) is 0.505. The highest BCUT2D eigenvalue weighted by Crippen LogP contribution is 2.31. The van der Waals surface area contributed by atoms with Crippen molar-refractivity contribution < 1.29 is 17.6 Å². The molecule has 31 heavy (non-hydrogen) atoms. The van der Waals surface area contributed by atoms with Gasteiger partial charge in [-0.3, -0.25) is 4.79 Å². The van der Waals surface area contributed by atoms with Crippen LogP contribution < -0.4 is 0 Å². The smallest absolute Gasteiger partial charge is 0.247 e. The Balaban J connectivity index is 1.73. The summed E-state index contributed by atoms with van der Waals surface area (Å²) in [5.74, 6) is -0.665. The summed E-state index contributed by atoms with van der Waals surface area (Å²) in [4.78, 5) is 14.6. The molecule has 0 atom stereocenters. The van der Waals surface area contributed by atoms with Gasteiger partial charge in [0.05, 0.1) is 11.4 Å². The highest BCUT2D eigenvalue weighted by Gasteiger charge is 2.32. The van der Waals surface area contributed by atoms with Gasteiger partial charge >= 0.3 is 0 Å². The van der Waals surface area contributed by atoms with Crippen molar-refractivity contribution in [2.75, 3.05) is 13.1 Å². The topological polar surface area (TPSA) is 57.7 Å². The zero-order valence-electron chi connectivity index (χ0n) is 17.6. The first-order valence-electron chi connectivity index (χ1n) is 10.3. The van der Waals surface area contributed by atoms with Crippen molar-refractivity contribution in [3.05, 3.63) is 70.5 Å². The van der Waals surface area contributed by atoms with Crippen molar-refractivity contribution >= 4 is 33.6 Å². The van der Waals surface area contributed by atoms with Crippen LogP contribution in [0.15, 0.2) is 53.4 Å². The molecule has 166 valence electrons. The molecular weight excluding hydrogens is 439 g/mol. The average Bonchev–Trinajstić information content (AvgIpc) is 3.58. The number of rotatable bonds is 9. The monoisotopic (exact) mass is 464 g/mol. The maximum absolute atomic E-state index is 14.2. The largest absolute Gasteiger partial charge is 0.332 e. The SMILES string of the molecule is CCN(CC)S(=O)(=O)c1ccc(/C=C/C(=O)N(Cc2c(F)cccc2Cl)C2CC2)cc1. The van der Waals surface area contributed by atoms with Crippen molar-refractivity contribution in [2.45, 2.75) is 44.2 Å². The molecule has 0 bridgehead atoms. The summed E-state index contributed by atoms with van der Waals surface area (Å²) in [5, 5.41) is 0.299. The van der Waals surface area contributed by atoms with Gasteiger partial charge in [0.1, 0.15) is 5.82 Å². The molecule has 8 heteroatoms. The maximum Gasteiger partial charge on any atom is 0.247 e. The third-order valence-electron chi connectivity index (χ3n) is 5.30. The molecule has 0 aliphatic heterocycles. The molecule has 1 amide bonds. The summed E-state index contributed by atoms with van der Waals surface area (Å²) in [5.41, 5.74) is 1.01. The molecule has 0 spiro atoms. The minimum atomic E-state index is -3.52. The lowest BCUT2D eigenvalue weighted by Crippen LogP contribution is -2.31. The Morgan fingerprint density at radius 2 is 1.77 bits per heavy atom. The Kier molecular flexibility index (Phi) is 7.51. The van der Waals surface area contributed by atoms with E-state index in [9.17, 15) is 17.6 Å². The molecule has 0 saturated heterocycles. The van der Waals surface area contributed by atoms with Crippen LogP contribution in [-0.2, 0) is 21.4 Å². The van der Waals surface area contributed by atoms with Crippen LogP contribution in [0.4, 0.5) is 4.39 Å². The Hall–Kier alpha value is -2.22. The molecule has 0 heterocycles. The lowest BCUT2D eigenvalue weighted by atomic mass is 10.1. The van der Waals surface area contributed by atoms with E-state index in [1.807, 2.05) is 0 Å². The van der Waals surface area contributed by atoms with Crippen molar-refractivity contribution in [1.29, 1.82) is 0 Å². The predicted molar refractivity (Wildman–Crippen MR) is 121 cm³/mol. The molecule has 1 saturated carbocycles. The average molecular weight is 465 g/mol. The third-order valence-corrected chi connectivity index (χ3v) is 7.72. The van der Waals surface area contributed by atoms with Gasteiger partial charge in [-0.25, -0.2) is 12.8 Å². The maximum atomic E-state index is 14.2. The zero-order chi connectivity index (χ0) is 22.6. The van der Waals surface area contributed by atoms with Crippen LogP contribution in [0.3, 0.4) is 0 Å². The van der Waals surface area contributed by atoms with Gasteiger partial charge in [-0.05, 0) is 48.7 Å². The molecule has 0 radical (unpaired) electrons.